The van der Waals surface area contributed by atoms with Crippen molar-refractivity contribution in [3.05, 3.63) is 60.2 Å². The number of carbonyl (C=O) groups is 1. The molecule has 1 unspecified atom stereocenters. The molecule has 2 aromatic carbocycles. The van der Waals surface area contributed by atoms with E-state index in [0.717, 1.165) is 23.1 Å². The van der Waals surface area contributed by atoms with E-state index in [-0.39, 0.29) is 11.2 Å². The molecule has 0 bridgehead atoms. The minimum absolute atomic E-state index is 0.213. The Morgan fingerprint density at radius 2 is 1.72 bits per heavy atom. The van der Waals surface area contributed by atoms with Gasteiger partial charge in [0.05, 0.1) is 5.92 Å². The lowest BCUT2D eigenvalue weighted by molar-refractivity contribution is -0.113. The average Bonchev–Trinajstić information content (AvgIpc) is 2.40. The summed E-state index contributed by atoms with van der Waals surface area (Å²) in [5.74, 6) is -0.213. The van der Waals surface area contributed by atoms with Crippen LogP contribution < -0.4 is 0 Å². The first-order valence-corrected chi connectivity index (χ1v) is 6.45. The van der Waals surface area contributed by atoms with Crippen LogP contribution in [-0.2, 0) is 4.79 Å². The van der Waals surface area contributed by atoms with Gasteiger partial charge in [-0.15, -0.1) is 0 Å². The zero-order valence-electron chi connectivity index (χ0n) is 10.3. The molecule has 92 valence electrons. The van der Waals surface area contributed by atoms with E-state index in [1.54, 1.807) is 0 Å². The third-order valence-corrected chi connectivity index (χ3v) is 3.34. The standard InChI is InChI=1S/C16H15ClO/c1-2-15(16(17)18)14-10-6-9-13(11-14)12-7-4-3-5-8-12/h3-11,15H,2H2,1H3. The fraction of sp³-hybridized carbons (Fsp3) is 0.188. The van der Waals surface area contributed by atoms with Crippen LogP contribution in [0.1, 0.15) is 24.8 Å². The molecule has 0 aliphatic rings. The lowest BCUT2D eigenvalue weighted by Gasteiger charge is -2.12. The van der Waals surface area contributed by atoms with Gasteiger partial charge in [0.25, 0.3) is 0 Å². The van der Waals surface area contributed by atoms with Crippen molar-refractivity contribution in [3.63, 3.8) is 0 Å². The monoisotopic (exact) mass is 258 g/mol. The largest absolute Gasteiger partial charge is 0.281 e. The Balaban J connectivity index is 2.39. The van der Waals surface area contributed by atoms with Gasteiger partial charge in [-0.2, -0.15) is 0 Å². The van der Waals surface area contributed by atoms with Gasteiger partial charge in [-0.1, -0.05) is 61.5 Å². The summed E-state index contributed by atoms with van der Waals surface area (Å²) in [5.41, 5.74) is 3.25. The van der Waals surface area contributed by atoms with E-state index < -0.39 is 0 Å². The van der Waals surface area contributed by atoms with Gasteiger partial charge in [-0.05, 0) is 34.7 Å². The molecular weight excluding hydrogens is 244 g/mol. The van der Waals surface area contributed by atoms with Crippen molar-refractivity contribution >= 4 is 16.8 Å². The van der Waals surface area contributed by atoms with Crippen molar-refractivity contribution in [1.29, 1.82) is 0 Å². The molecule has 2 rings (SSSR count). The Hall–Kier alpha value is -1.60. The number of halogens is 1. The van der Waals surface area contributed by atoms with E-state index in [9.17, 15) is 4.79 Å². The smallest absolute Gasteiger partial charge is 0.229 e. The number of hydrogen-bond acceptors (Lipinski definition) is 1. The number of benzene rings is 2. The van der Waals surface area contributed by atoms with Crippen LogP contribution in [0.25, 0.3) is 11.1 Å². The Kier molecular flexibility index (Phi) is 4.16. The summed E-state index contributed by atoms with van der Waals surface area (Å²) in [5, 5.41) is -0.289. The molecule has 0 amide bonds. The highest BCUT2D eigenvalue weighted by molar-refractivity contribution is 6.64. The Bertz CT molecular complexity index is 534. The summed E-state index contributed by atoms with van der Waals surface area (Å²) < 4.78 is 0. The third kappa shape index (κ3) is 2.80. The summed E-state index contributed by atoms with van der Waals surface area (Å²) >= 11 is 5.64. The summed E-state index contributed by atoms with van der Waals surface area (Å²) in [4.78, 5) is 11.4. The molecule has 18 heavy (non-hydrogen) atoms. The second-order valence-corrected chi connectivity index (χ2v) is 4.63. The fourth-order valence-corrected chi connectivity index (χ4v) is 2.37. The zero-order valence-corrected chi connectivity index (χ0v) is 11.0. The number of hydrogen-bond donors (Lipinski definition) is 0. The van der Waals surface area contributed by atoms with Crippen LogP contribution in [0.4, 0.5) is 0 Å². The first-order chi connectivity index (χ1) is 8.72. The SMILES string of the molecule is CCC(C(=O)Cl)c1cccc(-c2ccccc2)c1. The van der Waals surface area contributed by atoms with Crippen LogP contribution in [0, 0.1) is 0 Å². The molecule has 1 atom stereocenters. The van der Waals surface area contributed by atoms with E-state index in [1.165, 1.54) is 0 Å². The van der Waals surface area contributed by atoms with Gasteiger partial charge in [0.2, 0.25) is 5.24 Å². The quantitative estimate of drug-likeness (QED) is 0.732. The van der Waals surface area contributed by atoms with E-state index in [0.29, 0.717) is 0 Å². The van der Waals surface area contributed by atoms with Crippen molar-refractivity contribution < 1.29 is 4.79 Å². The topological polar surface area (TPSA) is 17.1 Å². The first-order valence-electron chi connectivity index (χ1n) is 6.07. The normalized spacial score (nSPS) is 12.1. The molecule has 2 heteroatoms. The summed E-state index contributed by atoms with van der Waals surface area (Å²) in [6.07, 6.45) is 0.723. The predicted molar refractivity (Wildman–Crippen MR) is 75.8 cm³/mol. The maximum atomic E-state index is 11.4. The van der Waals surface area contributed by atoms with Crippen molar-refractivity contribution in [3.8, 4) is 11.1 Å². The van der Waals surface area contributed by atoms with E-state index in [4.69, 9.17) is 11.6 Å². The summed E-state index contributed by atoms with van der Waals surface area (Å²) in [6.45, 7) is 1.97. The second-order valence-electron chi connectivity index (χ2n) is 4.26. The Labute approximate surface area is 112 Å². The maximum absolute atomic E-state index is 11.4. The molecule has 0 spiro atoms. The third-order valence-electron chi connectivity index (χ3n) is 3.08. The highest BCUT2D eigenvalue weighted by Crippen LogP contribution is 2.27. The van der Waals surface area contributed by atoms with Crippen molar-refractivity contribution in [2.45, 2.75) is 19.3 Å². The van der Waals surface area contributed by atoms with Crippen LogP contribution in [0.5, 0.6) is 0 Å². The molecule has 2 aromatic rings. The lowest BCUT2D eigenvalue weighted by Crippen LogP contribution is -2.05. The molecule has 0 fully saturated rings. The van der Waals surface area contributed by atoms with Crippen LogP contribution in [-0.4, -0.2) is 5.24 Å². The van der Waals surface area contributed by atoms with Crippen LogP contribution in [0.2, 0.25) is 0 Å². The molecule has 0 radical (unpaired) electrons. The van der Waals surface area contributed by atoms with Gasteiger partial charge in [0, 0.05) is 0 Å². The highest BCUT2D eigenvalue weighted by atomic mass is 35.5. The zero-order chi connectivity index (χ0) is 13.0. The van der Waals surface area contributed by atoms with Crippen molar-refractivity contribution in [1.82, 2.24) is 0 Å². The average molecular weight is 259 g/mol. The van der Waals surface area contributed by atoms with Gasteiger partial charge in [0.1, 0.15) is 0 Å². The first kappa shape index (κ1) is 12.8. The fourth-order valence-electron chi connectivity index (χ4n) is 2.09. The molecule has 0 heterocycles. The molecule has 0 N–H and O–H groups in total. The lowest BCUT2D eigenvalue weighted by atomic mass is 9.94. The molecule has 0 aliphatic heterocycles. The minimum atomic E-state index is -0.289. The van der Waals surface area contributed by atoms with E-state index >= 15 is 0 Å². The summed E-state index contributed by atoms with van der Waals surface area (Å²) in [6, 6.07) is 18.1. The Morgan fingerprint density at radius 1 is 1.06 bits per heavy atom. The summed E-state index contributed by atoms with van der Waals surface area (Å²) in [7, 11) is 0. The van der Waals surface area contributed by atoms with Gasteiger partial charge < -0.3 is 0 Å². The minimum Gasteiger partial charge on any atom is -0.281 e. The van der Waals surface area contributed by atoms with E-state index in [1.807, 2.05) is 49.4 Å². The van der Waals surface area contributed by atoms with Gasteiger partial charge >= 0.3 is 0 Å². The van der Waals surface area contributed by atoms with Crippen LogP contribution in [0.3, 0.4) is 0 Å². The molecule has 0 saturated carbocycles. The molecule has 0 aromatic heterocycles. The second kappa shape index (κ2) is 5.83. The van der Waals surface area contributed by atoms with Crippen molar-refractivity contribution in [2.24, 2.45) is 0 Å². The van der Waals surface area contributed by atoms with E-state index in [2.05, 4.69) is 12.1 Å². The number of carbonyl (C=O) groups excluding carboxylic acids is 1. The Morgan fingerprint density at radius 3 is 2.33 bits per heavy atom. The van der Waals surface area contributed by atoms with Gasteiger partial charge in [-0.3, -0.25) is 4.79 Å². The van der Waals surface area contributed by atoms with Crippen molar-refractivity contribution in [2.75, 3.05) is 0 Å². The predicted octanol–water partition coefficient (Wildman–Crippen LogP) is 4.61. The van der Waals surface area contributed by atoms with Gasteiger partial charge in [-0.25, -0.2) is 0 Å². The van der Waals surface area contributed by atoms with Gasteiger partial charge in [0.15, 0.2) is 0 Å². The molecule has 1 nitrogen and oxygen atoms in total. The van der Waals surface area contributed by atoms with Crippen LogP contribution >= 0.6 is 11.6 Å². The van der Waals surface area contributed by atoms with Crippen LogP contribution in [0.15, 0.2) is 54.6 Å². The molecule has 0 aliphatic carbocycles. The maximum Gasteiger partial charge on any atom is 0.229 e. The number of rotatable bonds is 4. The highest BCUT2D eigenvalue weighted by Gasteiger charge is 2.16. The molecule has 0 saturated heterocycles. The molecular formula is C16H15ClO.